The number of halogens is 1. The van der Waals surface area contributed by atoms with E-state index < -0.39 is 0 Å². The normalized spacial score (nSPS) is 12.5. The predicted molar refractivity (Wildman–Crippen MR) is 67.0 cm³/mol. The van der Waals surface area contributed by atoms with Gasteiger partial charge in [0.05, 0.1) is 16.8 Å². The van der Waals surface area contributed by atoms with E-state index in [4.69, 9.17) is 16.3 Å². The molecule has 0 spiro atoms. The molecule has 1 aromatic heterocycles. The van der Waals surface area contributed by atoms with Gasteiger partial charge in [-0.25, -0.2) is 4.98 Å². The van der Waals surface area contributed by atoms with Gasteiger partial charge in [-0.05, 0) is 26.1 Å². The molecule has 1 aromatic rings. The second kappa shape index (κ2) is 6.68. The number of ether oxygens (including phenoxy) is 1. The number of anilines is 1. The smallest absolute Gasteiger partial charge is 0.126 e. The molecule has 0 saturated carbocycles. The van der Waals surface area contributed by atoms with E-state index in [1.54, 1.807) is 7.11 Å². The monoisotopic (exact) mass is 243 g/mol. The number of hydrogen-bond acceptors (Lipinski definition) is 4. The zero-order valence-electron chi connectivity index (χ0n) is 9.88. The quantitative estimate of drug-likeness (QED) is 0.801. The molecule has 90 valence electrons. The Kier molecular flexibility index (Phi) is 5.52. The molecule has 16 heavy (non-hydrogen) atoms. The number of rotatable bonds is 6. The van der Waals surface area contributed by atoms with Crippen LogP contribution in [0.3, 0.4) is 0 Å². The van der Waals surface area contributed by atoms with Crippen molar-refractivity contribution in [2.45, 2.75) is 19.6 Å². The molecule has 5 heteroatoms. The van der Waals surface area contributed by atoms with Crippen molar-refractivity contribution in [3.05, 3.63) is 22.8 Å². The zero-order valence-corrected chi connectivity index (χ0v) is 10.6. The number of aromatic nitrogens is 1. The lowest BCUT2D eigenvalue weighted by Crippen LogP contribution is -2.19. The third kappa shape index (κ3) is 3.96. The van der Waals surface area contributed by atoms with Crippen molar-refractivity contribution >= 4 is 17.4 Å². The summed E-state index contributed by atoms with van der Waals surface area (Å²) in [6.45, 7) is 3.38. The summed E-state index contributed by atoms with van der Waals surface area (Å²) in [4.78, 5) is 4.41. The summed E-state index contributed by atoms with van der Waals surface area (Å²) in [5, 5.41) is 6.91. The average molecular weight is 244 g/mol. The molecule has 0 aromatic carbocycles. The minimum Gasteiger partial charge on any atom is -0.380 e. The molecule has 0 aliphatic heterocycles. The molecular weight excluding hydrogens is 226 g/mol. The van der Waals surface area contributed by atoms with Crippen LogP contribution in [0.2, 0.25) is 5.02 Å². The molecule has 0 amide bonds. The Morgan fingerprint density at radius 1 is 1.50 bits per heavy atom. The van der Waals surface area contributed by atoms with Gasteiger partial charge in [-0.15, -0.1) is 0 Å². The molecule has 1 unspecified atom stereocenters. The van der Waals surface area contributed by atoms with Crippen LogP contribution >= 0.6 is 11.6 Å². The molecule has 0 aliphatic rings. The minimum absolute atomic E-state index is 0.158. The molecule has 0 radical (unpaired) electrons. The molecule has 1 rings (SSSR count). The second-order valence-corrected chi connectivity index (χ2v) is 3.99. The lowest BCUT2D eigenvalue weighted by molar-refractivity contribution is 0.128. The Morgan fingerprint density at radius 2 is 2.25 bits per heavy atom. The summed E-state index contributed by atoms with van der Waals surface area (Å²) in [6.07, 6.45) is 0.158. The predicted octanol–water partition coefficient (Wildman–Crippen LogP) is 1.90. The first-order valence-corrected chi connectivity index (χ1v) is 5.62. The first-order valence-electron chi connectivity index (χ1n) is 5.24. The SMILES string of the molecule is CNCc1nc(NCC(C)OC)ccc1Cl. The van der Waals surface area contributed by atoms with Gasteiger partial charge < -0.3 is 15.4 Å². The van der Waals surface area contributed by atoms with Crippen molar-refractivity contribution in [1.29, 1.82) is 0 Å². The standard InChI is InChI=1S/C11H18ClN3O/c1-8(16-3)6-14-11-5-4-9(12)10(15-11)7-13-2/h4-5,8,13H,6-7H2,1-3H3,(H,14,15). The second-order valence-electron chi connectivity index (χ2n) is 3.58. The highest BCUT2D eigenvalue weighted by atomic mass is 35.5. The molecule has 0 fully saturated rings. The van der Waals surface area contributed by atoms with Gasteiger partial charge in [0.2, 0.25) is 0 Å². The Bertz CT molecular complexity index is 333. The van der Waals surface area contributed by atoms with Gasteiger partial charge >= 0.3 is 0 Å². The number of nitrogens with zero attached hydrogens (tertiary/aromatic N) is 1. The highest BCUT2D eigenvalue weighted by Crippen LogP contribution is 2.16. The Morgan fingerprint density at radius 3 is 2.88 bits per heavy atom. The van der Waals surface area contributed by atoms with Crippen LogP contribution < -0.4 is 10.6 Å². The molecule has 0 bridgehead atoms. The van der Waals surface area contributed by atoms with Crippen LogP contribution in [0.4, 0.5) is 5.82 Å². The summed E-state index contributed by atoms with van der Waals surface area (Å²) < 4.78 is 5.14. The summed E-state index contributed by atoms with van der Waals surface area (Å²) in [6, 6.07) is 3.71. The summed E-state index contributed by atoms with van der Waals surface area (Å²) in [7, 11) is 3.55. The molecular formula is C11H18ClN3O. The first kappa shape index (κ1) is 13.2. The molecule has 1 heterocycles. The largest absolute Gasteiger partial charge is 0.380 e. The number of methoxy groups -OCH3 is 1. The topological polar surface area (TPSA) is 46.2 Å². The van der Waals surface area contributed by atoms with E-state index in [0.29, 0.717) is 11.6 Å². The number of hydrogen-bond donors (Lipinski definition) is 2. The third-order valence-electron chi connectivity index (χ3n) is 2.24. The van der Waals surface area contributed by atoms with Crippen molar-refractivity contribution in [2.75, 3.05) is 26.0 Å². The average Bonchev–Trinajstić information content (AvgIpc) is 2.30. The van der Waals surface area contributed by atoms with Gasteiger partial charge in [0.1, 0.15) is 5.82 Å². The van der Waals surface area contributed by atoms with E-state index in [9.17, 15) is 0 Å². The van der Waals surface area contributed by atoms with Crippen molar-refractivity contribution < 1.29 is 4.74 Å². The van der Waals surface area contributed by atoms with E-state index in [2.05, 4.69) is 15.6 Å². The van der Waals surface area contributed by atoms with Crippen molar-refractivity contribution in [3.8, 4) is 0 Å². The van der Waals surface area contributed by atoms with Gasteiger partial charge in [0, 0.05) is 20.2 Å². The first-order chi connectivity index (χ1) is 7.67. The van der Waals surface area contributed by atoms with Crippen LogP contribution in [-0.2, 0) is 11.3 Å². The Labute approximate surface area is 101 Å². The van der Waals surface area contributed by atoms with Crippen LogP contribution in [0.15, 0.2) is 12.1 Å². The lowest BCUT2D eigenvalue weighted by Gasteiger charge is -2.12. The van der Waals surface area contributed by atoms with E-state index in [1.807, 2.05) is 26.1 Å². The zero-order chi connectivity index (χ0) is 12.0. The molecule has 0 saturated heterocycles. The fraction of sp³-hybridized carbons (Fsp3) is 0.545. The maximum atomic E-state index is 6.01. The van der Waals surface area contributed by atoms with Crippen LogP contribution in [0.1, 0.15) is 12.6 Å². The van der Waals surface area contributed by atoms with E-state index in [0.717, 1.165) is 18.1 Å². The highest BCUT2D eigenvalue weighted by Gasteiger charge is 2.04. The van der Waals surface area contributed by atoms with E-state index in [-0.39, 0.29) is 6.10 Å². The molecule has 2 N–H and O–H groups in total. The fourth-order valence-corrected chi connectivity index (χ4v) is 1.38. The van der Waals surface area contributed by atoms with Crippen molar-refractivity contribution in [1.82, 2.24) is 10.3 Å². The highest BCUT2D eigenvalue weighted by molar-refractivity contribution is 6.31. The van der Waals surface area contributed by atoms with Crippen molar-refractivity contribution in [3.63, 3.8) is 0 Å². The van der Waals surface area contributed by atoms with Crippen LogP contribution in [0, 0.1) is 0 Å². The van der Waals surface area contributed by atoms with Crippen molar-refractivity contribution in [2.24, 2.45) is 0 Å². The Hall–Kier alpha value is -0.840. The minimum atomic E-state index is 0.158. The maximum Gasteiger partial charge on any atom is 0.126 e. The maximum absolute atomic E-state index is 6.01. The van der Waals surface area contributed by atoms with Crippen LogP contribution in [0.25, 0.3) is 0 Å². The van der Waals surface area contributed by atoms with Gasteiger partial charge in [0.15, 0.2) is 0 Å². The number of nitrogens with one attached hydrogen (secondary N) is 2. The lowest BCUT2D eigenvalue weighted by atomic mass is 10.3. The summed E-state index contributed by atoms with van der Waals surface area (Å²) in [5.74, 6) is 0.818. The molecule has 4 nitrogen and oxygen atoms in total. The summed E-state index contributed by atoms with van der Waals surface area (Å²) >= 11 is 6.01. The molecule has 1 atom stereocenters. The number of pyridine rings is 1. The molecule has 0 aliphatic carbocycles. The van der Waals surface area contributed by atoms with Gasteiger partial charge in [-0.3, -0.25) is 0 Å². The van der Waals surface area contributed by atoms with Gasteiger partial charge in [-0.1, -0.05) is 11.6 Å². The Balaban J connectivity index is 2.63. The fourth-order valence-electron chi connectivity index (χ4n) is 1.21. The van der Waals surface area contributed by atoms with Crippen LogP contribution in [0.5, 0.6) is 0 Å². The third-order valence-corrected chi connectivity index (χ3v) is 2.58. The van der Waals surface area contributed by atoms with E-state index >= 15 is 0 Å². The summed E-state index contributed by atoms with van der Waals surface area (Å²) in [5.41, 5.74) is 0.847. The van der Waals surface area contributed by atoms with Gasteiger partial charge in [0.25, 0.3) is 0 Å². The van der Waals surface area contributed by atoms with Crippen LogP contribution in [-0.4, -0.2) is 31.8 Å². The van der Waals surface area contributed by atoms with E-state index in [1.165, 1.54) is 0 Å². The van der Waals surface area contributed by atoms with Gasteiger partial charge in [-0.2, -0.15) is 0 Å².